The van der Waals surface area contributed by atoms with Crippen LogP contribution < -0.4 is 10.2 Å². The van der Waals surface area contributed by atoms with Crippen molar-refractivity contribution in [2.24, 2.45) is 0 Å². The van der Waals surface area contributed by atoms with E-state index in [0.717, 1.165) is 31.2 Å². The molecule has 1 amide bonds. The number of amides is 1. The molecule has 1 aliphatic heterocycles. The Morgan fingerprint density at radius 3 is 2.13 bits per heavy atom. The summed E-state index contributed by atoms with van der Waals surface area (Å²) < 4.78 is 9.66. The van der Waals surface area contributed by atoms with Crippen LogP contribution >= 0.6 is 0 Å². The van der Waals surface area contributed by atoms with Gasteiger partial charge in [-0.25, -0.2) is 19.6 Å². The molecule has 0 bridgehead atoms. The number of esters is 2. The first kappa shape index (κ1) is 21.2. The maximum Gasteiger partial charge on any atom is 0.359 e. The normalized spacial score (nSPS) is 14.5. The first-order valence-electron chi connectivity index (χ1n) is 9.75. The van der Waals surface area contributed by atoms with E-state index in [1.54, 1.807) is 0 Å². The van der Waals surface area contributed by atoms with Crippen molar-refractivity contribution in [1.82, 2.24) is 9.97 Å². The fraction of sp³-hybridized carbons (Fsp3) is 0.381. The largest absolute Gasteiger partial charge is 0.464 e. The molecule has 9 heteroatoms. The Balaban J connectivity index is 1.53. The molecular weight excluding hydrogens is 388 g/mol. The summed E-state index contributed by atoms with van der Waals surface area (Å²) in [6, 6.07) is 7.59. The molecule has 3 rings (SSSR count). The van der Waals surface area contributed by atoms with E-state index in [9.17, 15) is 14.4 Å². The first-order valence-corrected chi connectivity index (χ1v) is 9.75. The number of rotatable bonds is 6. The van der Waals surface area contributed by atoms with Crippen LogP contribution in [0.5, 0.6) is 0 Å². The lowest BCUT2D eigenvalue weighted by Gasteiger charge is -2.28. The SMILES string of the molecule is COC(=O)c1cnc(C(=O)OC(C)C(=O)Nc2ccc(N3CCCCC3)cc2)cn1. The third-order valence-corrected chi connectivity index (χ3v) is 4.76. The first-order chi connectivity index (χ1) is 14.5. The van der Waals surface area contributed by atoms with Crippen LogP contribution in [-0.4, -0.2) is 54.1 Å². The predicted octanol–water partition coefficient (Wildman–Crippen LogP) is 2.44. The van der Waals surface area contributed by atoms with Gasteiger partial charge in [0.2, 0.25) is 0 Å². The van der Waals surface area contributed by atoms with Gasteiger partial charge in [0.05, 0.1) is 19.5 Å². The zero-order valence-electron chi connectivity index (χ0n) is 17.0. The molecule has 1 fully saturated rings. The minimum atomic E-state index is -1.04. The van der Waals surface area contributed by atoms with Gasteiger partial charge in [-0.15, -0.1) is 0 Å². The minimum absolute atomic E-state index is 0.0344. The maximum atomic E-state index is 12.4. The Morgan fingerprint density at radius 1 is 0.967 bits per heavy atom. The van der Waals surface area contributed by atoms with Gasteiger partial charge in [-0.1, -0.05) is 0 Å². The van der Waals surface area contributed by atoms with E-state index < -0.39 is 23.9 Å². The summed E-state index contributed by atoms with van der Waals surface area (Å²) in [6.07, 6.45) is 4.81. The summed E-state index contributed by atoms with van der Waals surface area (Å²) in [5.74, 6) is -1.95. The molecule has 1 aliphatic rings. The Bertz CT molecular complexity index is 893. The summed E-state index contributed by atoms with van der Waals surface area (Å²) in [6.45, 7) is 3.55. The van der Waals surface area contributed by atoms with Crippen molar-refractivity contribution in [2.75, 3.05) is 30.4 Å². The highest BCUT2D eigenvalue weighted by molar-refractivity contribution is 5.97. The van der Waals surface area contributed by atoms with E-state index in [-0.39, 0.29) is 11.4 Å². The van der Waals surface area contributed by atoms with Gasteiger partial charge in [-0.3, -0.25) is 4.79 Å². The van der Waals surface area contributed by atoms with Crippen molar-refractivity contribution in [1.29, 1.82) is 0 Å². The molecule has 30 heavy (non-hydrogen) atoms. The molecule has 1 atom stereocenters. The van der Waals surface area contributed by atoms with Gasteiger partial charge in [0.25, 0.3) is 5.91 Å². The highest BCUT2D eigenvalue weighted by atomic mass is 16.5. The molecule has 1 unspecified atom stereocenters. The summed E-state index contributed by atoms with van der Waals surface area (Å²) in [5, 5.41) is 2.73. The van der Waals surface area contributed by atoms with Crippen molar-refractivity contribution in [2.45, 2.75) is 32.3 Å². The Morgan fingerprint density at radius 2 is 1.57 bits per heavy atom. The van der Waals surface area contributed by atoms with Gasteiger partial charge in [0.15, 0.2) is 17.5 Å². The second kappa shape index (κ2) is 9.82. The van der Waals surface area contributed by atoms with Crippen molar-refractivity contribution in [3.8, 4) is 0 Å². The van der Waals surface area contributed by atoms with E-state index in [1.807, 2.05) is 24.3 Å². The average Bonchev–Trinajstić information content (AvgIpc) is 2.79. The summed E-state index contributed by atoms with van der Waals surface area (Å²) in [7, 11) is 1.22. The molecule has 1 N–H and O–H groups in total. The van der Waals surface area contributed by atoms with Crippen LogP contribution in [0.25, 0.3) is 0 Å². The maximum absolute atomic E-state index is 12.4. The van der Waals surface area contributed by atoms with Gasteiger partial charge in [0.1, 0.15) is 0 Å². The number of hydrogen-bond donors (Lipinski definition) is 1. The number of carbonyl (C=O) groups excluding carboxylic acids is 3. The molecule has 0 aliphatic carbocycles. The topological polar surface area (TPSA) is 111 Å². The highest BCUT2D eigenvalue weighted by Crippen LogP contribution is 2.22. The number of anilines is 2. The number of nitrogens with zero attached hydrogens (tertiary/aromatic N) is 3. The summed E-state index contributed by atoms with van der Waals surface area (Å²) in [5.41, 5.74) is 1.59. The minimum Gasteiger partial charge on any atom is -0.464 e. The molecule has 1 aromatic heterocycles. The average molecular weight is 412 g/mol. The van der Waals surface area contributed by atoms with Gasteiger partial charge in [0, 0.05) is 24.5 Å². The molecule has 158 valence electrons. The van der Waals surface area contributed by atoms with E-state index in [1.165, 1.54) is 33.3 Å². The fourth-order valence-electron chi connectivity index (χ4n) is 3.07. The van der Waals surface area contributed by atoms with E-state index in [2.05, 4.69) is 24.9 Å². The van der Waals surface area contributed by atoms with Crippen LogP contribution in [-0.2, 0) is 14.3 Å². The number of methoxy groups -OCH3 is 1. The zero-order valence-corrected chi connectivity index (χ0v) is 17.0. The van der Waals surface area contributed by atoms with E-state index in [4.69, 9.17) is 4.74 Å². The van der Waals surface area contributed by atoms with Gasteiger partial charge < -0.3 is 19.7 Å². The van der Waals surface area contributed by atoms with Crippen LogP contribution in [0.4, 0.5) is 11.4 Å². The van der Waals surface area contributed by atoms with Crippen LogP contribution in [0.3, 0.4) is 0 Å². The Hall–Kier alpha value is -3.49. The number of benzene rings is 1. The van der Waals surface area contributed by atoms with Gasteiger partial charge in [-0.05, 0) is 50.5 Å². The van der Waals surface area contributed by atoms with Crippen molar-refractivity contribution < 1.29 is 23.9 Å². The number of piperidine rings is 1. The number of hydrogen-bond acceptors (Lipinski definition) is 8. The molecule has 2 aromatic rings. The summed E-state index contributed by atoms with van der Waals surface area (Å²) in [4.78, 5) is 45.8. The zero-order chi connectivity index (χ0) is 21.5. The Kier molecular flexibility index (Phi) is 6.95. The predicted molar refractivity (Wildman–Crippen MR) is 109 cm³/mol. The number of ether oxygens (including phenoxy) is 2. The standard InChI is InChI=1S/C21H24N4O5/c1-14(30-21(28)18-13-22-17(12-23-18)20(27)29-2)19(26)24-15-6-8-16(9-7-15)25-10-4-3-5-11-25/h6-9,12-14H,3-5,10-11H2,1-2H3,(H,24,26). The van der Waals surface area contributed by atoms with Gasteiger partial charge in [-0.2, -0.15) is 0 Å². The fourth-order valence-corrected chi connectivity index (χ4v) is 3.07. The number of aromatic nitrogens is 2. The lowest BCUT2D eigenvalue weighted by molar-refractivity contribution is -0.123. The highest BCUT2D eigenvalue weighted by Gasteiger charge is 2.21. The van der Waals surface area contributed by atoms with Gasteiger partial charge >= 0.3 is 11.9 Å². The molecule has 0 spiro atoms. The molecule has 0 saturated carbocycles. The molecule has 9 nitrogen and oxygen atoms in total. The second-order valence-electron chi connectivity index (χ2n) is 6.91. The Labute approximate surface area is 174 Å². The van der Waals surface area contributed by atoms with Crippen LogP contribution in [0.15, 0.2) is 36.7 Å². The third-order valence-electron chi connectivity index (χ3n) is 4.76. The quantitative estimate of drug-likeness (QED) is 0.720. The van der Waals surface area contributed by atoms with Crippen LogP contribution in [0.2, 0.25) is 0 Å². The van der Waals surface area contributed by atoms with Crippen LogP contribution in [0.1, 0.15) is 47.2 Å². The lowest BCUT2D eigenvalue weighted by Crippen LogP contribution is -2.30. The van der Waals surface area contributed by atoms with E-state index >= 15 is 0 Å². The molecule has 1 aromatic carbocycles. The lowest BCUT2D eigenvalue weighted by atomic mass is 10.1. The molecule has 1 saturated heterocycles. The second-order valence-corrected chi connectivity index (χ2v) is 6.91. The van der Waals surface area contributed by atoms with Crippen molar-refractivity contribution in [3.05, 3.63) is 48.0 Å². The molecule has 0 radical (unpaired) electrons. The van der Waals surface area contributed by atoms with Crippen LogP contribution in [0, 0.1) is 0 Å². The summed E-state index contributed by atoms with van der Waals surface area (Å²) >= 11 is 0. The molecule has 2 heterocycles. The number of carbonyl (C=O) groups is 3. The molecular formula is C21H24N4O5. The smallest absolute Gasteiger partial charge is 0.359 e. The number of nitrogens with one attached hydrogen (secondary N) is 1. The van der Waals surface area contributed by atoms with Crippen molar-refractivity contribution in [3.63, 3.8) is 0 Å². The third kappa shape index (κ3) is 5.31. The van der Waals surface area contributed by atoms with E-state index in [0.29, 0.717) is 5.69 Å². The van der Waals surface area contributed by atoms with Crippen molar-refractivity contribution >= 4 is 29.2 Å². The monoisotopic (exact) mass is 412 g/mol.